The lowest BCUT2D eigenvalue weighted by molar-refractivity contribution is -0.137. The molecule has 6 nitrogen and oxygen atoms in total. The Morgan fingerprint density at radius 2 is 1.50 bits per heavy atom. The van der Waals surface area contributed by atoms with Gasteiger partial charge in [-0.25, -0.2) is 4.79 Å². The van der Waals surface area contributed by atoms with E-state index >= 15 is 0 Å². The average molecular weight is 441 g/mol. The van der Waals surface area contributed by atoms with E-state index in [1.165, 1.54) is 48.5 Å². The second-order valence-corrected chi connectivity index (χ2v) is 6.71. The summed E-state index contributed by atoms with van der Waals surface area (Å²) in [5, 5.41) is 13.0. The van der Waals surface area contributed by atoms with Crippen LogP contribution in [0.5, 0.6) is 17.2 Å². The number of benzene rings is 3. The van der Waals surface area contributed by atoms with Crippen molar-refractivity contribution in [2.45, 2.75) is 6.18 Å². The Morgan fingerprint density at radius 3 is 2.12 bits per heavy atom. The van der Waals surface area contributed by atoms with Gasteiger partial charge in [0.05, 0.1) is 10.9 Å². The molecule has 1 heterocycles. The minimum absolute atomic E-state index is 0.149. The SMILES string of the molecule is O=C(Nc1ccc(Oc2ccc(C(F)(F)F)cc2)cc1)c1c(O)c2ccccc2oc1=O. The predicted molar refractivity (Wildman–Crippen MR) is 110 cm³/mol. The van der Waals surface area contributed by atoms with Crippen LogP contribution in [0, 0.1) is 0 Å². The van der Waals surface area contributed by atoms with Crippen molar-refractivity contribution in [2.24, 2.45) is 0 Å². The second kappa shape index (κ2) is 8.10. The van der Waals surface area contributed by atoms with Crippen LogP contribution in [-0.4, -0.2) is 11.0 Å². The number of carbonyl (C=O) groups is 1. The van der Waals surface area contributed by atoms with Crippen molar-refractivity contribution in [2.75, 3.05) is 5.32 Å². The molecule has 0 fully saturated rings. The molecule has 1 aromatic heterocycles. The lowest BCUT2D eigenvalue weighted by Crippen LogP contribution is -2.21. The van der Waals surface area contributed by atoms with Gasteiger partial charge >= 0.3 is 11.8 Å². The van der Waals surface area contributed by atoms with Gasteiger partial charge in [-0.2, -0.15) is 13.2 Å². The summed E-state index contributed by atoms with van der Waals surface area (Å²) in [6.45, 7) is 0. The van der Waals surface area contributed by atoms with E-state index in [0.717, 1.165) is 12.1 Å². The molecule has 4 aromatic rings. The number of alkyl halides is 3. The first-order valence-corrected chi connectivity index (χ1v) is 9.24. The van der Waals surface area contributed by atoms with Crippen molar-refractivity contribution in [3.05, 3.63) is 94.3 Å². The standard InChI is InChI=1S/C23H14F3NO5/c24-23(25,26)13-5-9-15(10-6-13)31-16-11-7-14(8-12-16)27-21(29)19-20(28)17-3-1-2-4-18(17)32-22(19)30/h1-12,28H,(H,27,29). The average Bonchev–Trinajstić information content (AvgIpc) is 2.75. The summed E-state index contributed by atoms with van der Waals surface area (Å²) in [6.07, 6.45) is -4.44. The largest absolute Gasteiger partial charge is 0.506 e. The Kier molecular flexibility index (Phi) is 5.31. The summed E-state index contributed by atoms with van der Waals surface area (Å²) in [5.41, 5.74) is -1.86. The minimum atomic E-state index is -4.44. The van der Waals surface area contributed by atoms with Gasteiger partial charge in [0.2, 0.25) is 0 Å². The molecule has 162 valence electrons. The normalized spacial score (nSPS) is 11.3. The molecule has 0 saturated heterocycles. The first-order chi connectivity index (χ1) is 15.2. The number of aromatic hydroxyl groups is 1. The molecule has 3 aromatic carbocycles. The summed E-state index contributed by atoms with van der Waals surface area (Å²) in [4.78, 5) is 24.7. The topological polar surface area (TPSA) is 88.8 Å². The number of carbonyl (C=O) groups excluding carboxylic acids is 1. The van der Waals surface area contributed by atoms with E-state index in [9.17, 15) is 27.9 Å². The molecule has 0 atom stereocenters. The lowest BCUT2D eigenvalue weighted by Gasteiger charge is -2.10. The summed E-state index contributed by atoms with van der Waals surface area (Å²) in [6, 6.07) is 16.4. The highest BCUT2D eigenvalue weighted by Gasteiger charge is 2.30. The number of hydrogen-bond donors (Lipinski definition) is 2. The van der Waals surface area contributed by atoms with E-state index in [0.29, 0.717) is 11.4 Å². The molecule has 1 amide bonds. The first-order valence-electron chi connectivity index (χ1n) is 9.24. The van der Waals surface area contributed by atoms with Crippen LogP contribution in [0.1, 0.15) is 15.9 Å². The maximum Gasteiger partial charge on any atom is 0.416 e. The molecule has 0 unspecified atom stereocenters. The molecule has 0 aliphatic rings. The van der Waals surface area contributed by atoms with Gasteiger partial charge in [-0.05, 0) is 60.7 Å². The maximum atomic E-state index is 12.6. The smallest absolute Gasteiger partial charge is 0.416 e. The van der Waals surface area contributed by atoms with Crippen LogP contribution in [0.25, 0.3) is 11.0 Å². The van der Waals surface area contributed by atoms with Gasteiger partial charge in [-0.1, -0.05) is 12.1 Å². The Morgan fingerprint density at radius 1 is 0.906 bits per heavy atom. The highest BCUT2D eigenvalue weighted by atomic mass is 19.4. The van der Waals surface area contributed by atoms with Crippen molar-refractivity contribution in [1.82, 2.24) is 0 Å². The van der Waals surface area contributed by atoms with Gasteiger partial charge in [-0.3, -0.25) is 4.79 Å². The summed E-state index contributed by atoms with van der Waals surface area (Å²) in [5.74, 6) is -0.834. The fourth-order valence-electron chi connectivity index (χ4n) is 2.98. The number of nitrogens with one attached hydrogen (secondary N) is 1. The van der Waals surface area contributed by atoms with Crippen LogP contribution in [0.15, 0.2) is 82.0 Å². The number of para-hydroxylation sites is 1. The third-order valence-corrected chi connectivity index (χ3v) is 4.54. The zero-order valence-corrected chi connectivity index (χ0v) is 16.1. The van der Waals surface area contributed by atoms with Crippen molar-refractivity contribution >= 4 is 22.6 Å². The molecule has 9 heteroatoms. The number of hydrogen-bond acceptors (Lipinski definition) is 5. The van der Waals surface area contributed by atoms with E-state index in [1.54, 1.807) is 12.1 Å². The summed E-state index contributed by atoms with van der Waals surface area (Å²) >= 11 is 0. The zero-order chi connectivity index (χ0) is 22.9. The summed E-state index contributed by atoms with van der Waals surface area (Å²) < 4.78 is 48.5. The van der Waals surface area contributed by atoms with Crippen LogP contribution >= 0.6 is 0 Å². The number of ether oxygens (including phenoxy) is 1. The lowest BCUT2D eigenvalue weighted by atomic mass is 10.1. The monoisotopic (exact) mass is 441 g/mol. The molecule has 0 saturated carbocycles. The van der Waals surface area contributed by atoms with Gasteiger partial charge in [0.25, 0.3) is 5.91 Å². The van der Waals surface area contributed by atoms with E-state index in [1.807, 2.05) is 0 Å². The van der Waals surface area contributed by atoms with Crippen molar-refractivity contribution < 1.29 is 32.2 Å². The number of fused-ring (bicyclic) bond motifs is 1. The highest BCUT2D eigenvalue weighted by Crippen LogP contribution is 2.32. The molecule has 0 radical (unpaired) electrons. The first kappa shape index (κ1) is 21.0. The molecular formula is C23H14F3NO5. The Bertz CT molecular complexity index is 1340. The highest BCUT2D eigenvalue weighted by molar-refractivity contribution is 6.08. The molecule has 32 heavy (non-hydrogen) atoms. The molecule has 0 bridgehead atoms. The maximum absolute atomic E-state index is 12.6. The van der Waals surface area contributed by atoms with Crippen LogP contribution in [0.2, 0.25) is 0 Å². The van der Waals surface area contributed by atoms with Crippen LogP contribution < -0.4 is 15.7 Å². The van der Waals surface area contributed by atoms with Crippen molar-refractivity contribution in [1.29, 1.82) is 0 Å². The fourth-order valence-corrected chi connectivity index (χ4v) is 2.98. The van der Waals surface area contributed by atoms with Gasteiger partial charge in [0.1, 0.15) is 22.8 Å². The van der Waals surface area contributed by atoms with E-state index < -0.39 is 34.6 Å². The van der Waals surface area contributed by atoms with Gasteiger partial charge in [0, 0.05) is 5.69 Å². The Balaban J connectivity index is 1.49. The zero-order valence-electron chi connectivity index (χ0n) is 16.1. The van der Waals surface area contributed by atoms with Crippen LogP contribution in [-0.2, 0) is 6.18 Å². The third kappa shape index (κ3) is 4.27. The van der Waals surface area contributed by atoms with E-state index in [4.69, 9.17) is 9.15 Å². The number of halogens is 3. The molecule has 2 N–H and O–H groups in total. The number of rotatable bonds is 4. The van der Waals surface area contributed by atoms with Crippen molar-refractivity contribution in [3.63, 3.8) is 0 Å². The van der Waals surface area contributed by atoms with Gasteiger partial charge in [0.15, 0.2) is 5.56 Å². The number of amides is 1. The van der Waals surface area contributed by atoms with Crippen molar-refractivity contribution in [3.8, 4) is 17.2 Å². The van der Waals surface area contributed by atoms with E-state index in [2.05, 4.69) is 5.32 Å². The second-order valence-electron chi connectivity index (χ2n) is 6.71. The third-order valence-electron chi connectivity index (χ3n) is 4.54. The number of anilines is 1. The molecule has 0 aliphatic heterocycles. The van der Waals surface area contributed by atoms with Gasteiger partial charge in [-0.15, -0.1) is 0 Å². The molecule has 0 aliphatic carbocycles. The Labute approximate surface area is 178 Å². The summed E-state index contributed by atoms with van der Waals surface area (Å²) in [7, 11) is 0. The fraction of sp³-hybridized carbons (Fsp3) is 0.0435. The predicted octanol–water partition coefficient (Wildman–Crippen LogP) is 5.56. The quantitative estimate of drug-likeness (QED) is 0.405. The minimum Gasteiger partial charge on any atom is -0.506 e. The Hall–Kier alpha value is -4.27. The molecule has 0 spiro atoms. The van der Waals surface area contributed by atoms with Crippen LogP contribution in [0.3, 0.4) is 0 Å². The van der Waals surface area contributed by atoms with Crippen LogP contribution in [0.4, 0.5) is 18.9 Å². The molecule has 4 rings (SSSR count). The molecular weight excluding hydrogens is 427 g/mol. The van der Waals surface area contributed by atoms with Gasteiger partial charge < -0.3 is 19.6 Å². The van der Waals surface area contributed by atoms with E-state index in [-0.39, 0.29) is 16.7 Å².